The molecule has 1 atom stereocenters. The summed E-state index contributed by atoms with van der Waals surface area (Å²) >= 11 is 0. The summed E-state index contributed by atoms with van der Waals surface area (Å²) in [6.07, 6.45) is 0.794. The maximum absolute atomic E-state index is 11.9. The number of hydrogen-bond donors (Lipinski definition) is 3. The highest BCUT2D eigenvalue weighted by Gasteiger charge is 2.22. The molecule has 0 aromatic rings. The van der Waals surface area contributed by atoms with Gasteiger partial charge >= 0.3 is 6.03 Å². The molecule has 1 unspecified atom stereocenters. The molecule has 0 radical (unpaired) electrons. The molecule has 0 aliphatic carbocycles. The number of hydrogen-bond acceptors (Lipinski definition) is 5. The maximum atomic E-state index is 11.9. The van der Waals surface area contributed by atoms with E-state index in [2.05, 4.69) is 10.6 Å². The number of ether oxygens (including phenoxy) is 1. The van der Waals surface area contributed by atoms with Crippen molar-refractivity contribution in [2.24, 2.45) is 5.73 Å². The Morgan fingerprint density at radius 2 is 2.05 bits per heavy atom. The van der Waals surface area contributed by atoms with Gasteiger partial charge in [0.1, 0.15) is 0 Å². The van der Waals surface area contributed by atoms with Crippen LogP contribution in [-0.4, -0.2) is 62.8 Å². The Kier molecular flexibility index (Phi) is 10.1. The predicted octanol–water partition coefficient (Wildman–Crippen LogP) is -0.482. The first-order chi connectivity index (χ1) is 9.06. The van der Waals surface area contributed by atoms with Crippen LogP contribution in [0.3, 0.4) is 0 Å². The van der Waals surface area contributed by atoms with Gasteiger partial charge in [-0.2, -0.15) is 0 Å². The smallest absolute Gasteiger partial charge is 0.321 e. The molecule has 0 aliphatic heterocycles. The van der Waals surface area contributed by atoms with Gasteiger partial charge in [0.25, 0.3) is 0 Å². The number of nitrogens with two attached hydrogens (primary N) is 1. The van der Waals surface area contributed by atoms with Crippen LogP contribution in [0.5, 0.6) is 0 Å². The molecule has 0 aromatic carbocycles. The van der Waals surface area contributed by atoms with Crippen molar-refractivity contribution in [2.75, 3.05) is 39.9 Å². The van der Waals surface area contributed by atoms with E-state index in [-0.39, 0.29) is 5.91 Å². The summed E-state index contributed by atoms with van der Waals surface area (Å²) in [7, 11) is 1.61. The first-order valence-corrected chi connectivity index (χ1v) is 6.58. The predicted molar refractivity (Wildman–Crippen MR) is 73.8 cm³/mol. The molecule has 0 spiro atoms. The fourth-order valence-electron chi connectivity index (χ4n) is 1.59. The van der Waals surface area contributed by atoms with Gasteiger partial charge in [0.05, 0.1) is 12.6 Å². The van der Waals surface area contributed by atoms with E-state index < -0.39 is 12.1 Å². The SMILES string of the molecule is CCNC(=O)NC(=O)C(C)N(CCCN)CCOC. The second-order valence-electron chi connectivity index (χ2n) is 4.20. The van der Waals surface area contributed by atoms with E-state index in [0.717, 1.165) is 6.42 Å². The molecule has 3 amide bonds. The molecular weight excluding hydrogens is 248 g/mol. The highest BCUT2D eigenvalue weighted by atomic mass is 16.5. The lowest BCUT2D eigenvalue weighted by Gasteiger charge is -2.27. The lowest BCUT2D eigenvalue weighted by Crippen LogP contribution is -2.50. The van der Waals surface area contributed by atoms with Gasteiger partial charge in [-0.05, 0) is 26.8 Å². The summed E-state index contributed by atoms with van der Waals surface area (Å²) < 4.78 is 5.02. The van der Waals surface area contributed by atoms with E-state index in [0.29, 0.717) is 32.8 Å². The number of amides is 3. The first-order valence-electron chi connectivity index (χ1n) is 6.58. The Balaban J connectivity index is 4.36. The topological polar surface area (TPSA) is 96.7 Å². The molecule has 112 valence electrons. The molecule has 0 heterocycles. The zero-order chi connectivity index (χ0) is 14.7. The highest BCUT2D eigenvalue weighted by molar-refractivity contribution is 5.96. The van der Waals surface area contributed by atoms with Gasteiger partial charge in [-0.3, -0.25) is 15.0 Å². The van der Waals surface area contributed by atoms with Crippen LogP contribution in [-0.2, 0) is 9.53 Å². The zero-order valence-corrected chi connectivity index (χ0v) is 12.1. The number of carbonyl (C=O) groups is 2. The first kappa shape index (κ1) is 17.8. The number of imide groups is 1. The molecular formula is C12H26N4O3. The summed E-state index contributed by atoms with van der Waals surface area (Å²) in [5, 5.41) is 4.83. The normalized spacial score (nSPS) is 12.3. The minimum Gasteiger partial charge on any atom is -0.383 e. The van der Waals surface area contributed by atoms with Crippen LogP contribution < -0.4 is 16.4 Å². The summed E-state index contributed by atoms with van der Waals surface area (Å²) in [5.74, 6) is -0.320. The Morgan fingerprint density at radius 3 is 2.58 bits per heavy atom. The van der Waals surface area contributed by atoms with Crippen LogP contribution in [0.25, 0.3) is 0 Å². The fourth-order valence-corrected chi connectivity index (χ4v) is 1.59. The Bertz CT molecular complexity index is 266. The maximum Gasteiger partial charge on any atom is 0.321 e. The third-order valence-electron chi connectivity index (χ3n) is 2.73. The molecule has 7 nitrogen and oxygen atoms in total. The third-order valence-corrected chi connectivity index (χ3v) is 2.73. The van der Waals surface area contributed by atoms with Crippen LogP contribution in [0.15, 0.2) is 0 Å². The largest absolute Gasteiger partial charge is 0.383 e. The van der Waals surface area contributed by atoms with Gasteiger partial charge in [-0.25, -0.2) is 4.79 Å². The van der Waals surface area contributed by atoms with Crippen molar-refractivity contribution in [3.8, 4) is 0 Å². The number of methoxy groups -OCH3 is 1. The van der Waals surface area contributed by atoms with Crippen LogP contribution in [0, 0.1) is 0 Å². The summed E-state index contributed by atoms with van der Waals surface area (Å²) in [4.78, 5) is 25.2. The molecule has 0 saturated heterocycles. The second kappa shape index (κ2) is 10.7. The molecule has 4 N–H and O–H groups in total. The Hall–Kier alpha value is -1.18. The molecule has 7 heteroatoms. The average Bonchev–Trinajstić information content (AvgIpc) is 2.38. The van der Waals surface area contributed by atoms with Crippen molar-refractivity contribution in [1.82, 2.24) is 15.5 Å². The molecule has 0 bridgehead atoms. The number of carbonyl (C=O) groups excluding carboxylic acids is 2. The molecule has 0 aliphatic rings. The van der Waals surface area contributed by atoms with Gasteiger partial charge in [0.2, 0.25) is 5.91 Å². The van der Waals surface area contributed by atoms with E-state index >= 15 is 0 Å². The van der Waals surface area contributed by atoms with Crippen molar-refractivity contribution in [1.29, 1.82) is 0 Å². The third kappa shape index (κ3) is 7.76. The average molecular weight is 274 g/mol. The van der Waals surface area contributed by atoms with Crippen molar-refractivity contribution >= 4 is 11.9 Å². The highest BCUT2D eigenvalue weighted by Crippen LogP contribution is 2.01. The number of nitrogens with zero attached hydrogens (tertiary/aromatic N) is 1. The molecule has 19 heavy (non-hydrogen) atoms. The van der Waals surface area contributed by atoms with Crippen molar-refractivity contribution in [2.45, 2.75) is 26.3 Å². The fraction of sp³-hybridized carbons (Fsp3) is 0.833. The van der Waals surface area contributed by atoms with E-state index in [1.807, 2.05) is 4.90 Å². The number of nitrogens with one attached hydrogen (secondary N) is 2. The summed E-state index contributed by atoms with van der Waals surface area (Å²) in [6, 6.07) is -0.867. The molecule has 0 aromatic heterocycles. The van der Waals surface area contributed by atoms with Crippen molar-refractivity contribution < 1.29 is 14.3 Å². The van der Waals surface area contributed by atoms with Gasteiger partial charge in [-0.1, -0.05) is 0 Å². The minimum absolute atomic E-state index is 0.320. The van der Waals surface area contributed by atoms with E-state index in [4.69, 9.17) is 10.5 Å². The van der Waals surface area contributed by atoms with Crippen LogP contribution >= 0.6 is 0 Å². The van der Waals surface area contributed by atoms with Crippen LogP contribution in [0.4, 0.5) is 4.79 Å². The summed E-state index contributed by atoms with van der Waals surface area (Å²) in [6.45, 7) is 6.45. The zero-order valence-electron chi connectivity index (χ0n) is 12.1. The van der Waals surface area contributed by atoms with Crippen LogP contribution in [0.1, 0.15) is 20.3 Å². The quantitative estimate of drug-likeness (QED) is 0.527. The number of rotatable bonds is 9. The molecule has 0 saturated carbocycles. The molecule has 0 fully saturated rings. The Morgan fingerprint density at radius 1 is 1.37 bits per heavy atom. The monoisotopic (exact) mass is 274 g/mol. The lowest BCUT2D eigenvalue weighted by molar-refractivity contribution is -0.125. The number of urea groups is 1. The van der Waals surface area contributed by atoms with E-state index in [1.165, 1.54) is 0 Å². The Labute approximate surface area is 114 Å². The van der Waals surface area contributed by atoms with E-state index in [1.54, 1.807) is 21.0 Å². The van der Waals surface area contributed by atoms with E-state index in [9.17, 15) is 9.59 Å². The van der Waals surface area contributed by atoms with Gasteiger partial charge in [-0.15, -0.1) is 0 Å². The van der Waals surface area contributed by atoms with Crippen LogP contribution in [0.2, 0.25) is 0 Å². The minimum atomic E-state index is -0.468. The van der Waals surface area contributed by atoms with Crippen molar-refractivity contribution in [3.05, 3.63) is 0 Å². The van der Waals surface area contributed by atoms with Crippen molar-refractivity contribution in [3.63, 3.8) is 0 Å². The van der Waals surface area contributed by atoms with Gasteiger partial charge < -0.3 is 15.8 Å². The van der Waals surface area contributed by atoms with Gasteiger partial charge in [0, 0.05) is 26.7 Å². The van der Waals surface area contributed by atoms with Gasteiger partial charge in [0.15, 0.2) is 0 Å². The second-order valence-corrected chi connectivity index (χ2v) is 4.20. The summed E-state index contributed by atoms with van der Waals surface area (Å²) in [5.41, 5.74) is 5.48. The lowest BCUT2D eigenvalue weighted by atomic mass is 10.2. The standard InChI is InChI=1S/C12H26N4O3/c1-4-14-12(18)15-11(17)10(2)16(7-5-6-13)8-9-19-3/h10H,4-9,13H2,1-3H3,(H2,14,15,17,18). The molecule has 0 rings (SSSR count).